The number of alkyl halides is 6. The second-order valence-corrected chi connectivity index (χ2v) is 8.73. The third kappa shape index (κ3) is 4.29. The third-order valence-corrected chi connectivity index (χ3v) is 7.01. The van der Waals surface area contributed by atoms with Gasteiger partial charge >= 0.3 is 12.4 Å². The SMILES string of the molecule is FC(F)(F)C1CCC(c2cc(C3CCC(C(F)(F)F)CC3)c3cc[nH]c3c2)CC1. The Morgan fingerprint density at radius 3 is 1.72 bits per heavy atom. The van der Waals surface area contributed by atoms with Crippen molar-refractivity contribution in [3.8, 4) is 0 Å². The highest BCUT2D eigenvalue weighted by Crippen LogP contribution is 2.47. The van der Waals surface area contributed by atoms with E-state index in [4.69, 9.17) is 0 Å². The number of halogens is 6. The first kappa shape index (κ1) is 20.6. The average molecular weight is 417 g/mol. The summed E-state index contributed by atoms with van der Waals surface area (Å²) in [4.78, 5) is 3.18. The maximum absolute atomic E-state index is 13.0. The predicted molar refractivity (Wildman–Crippen MR) is 99.8 cm³/mol. The van der Waals surface area contributed by atoms with Crippen LogP contribution >= 0.6 is 0 Å². The van der Waals surface area contributed by atoms with E-state index in [2.05, 4.69) is 11.1 Å². The summed E-state index contributed by atoms with van der Waals surface area (Å²) in [6.45, 7) is 0. The summed E-state index contributed by atoms with van der Waals surface area (Å²) in [7, 11) is 0. The van der Waals surface area contributed by atoms with Crippen LogP contribution in [0.3, 0.4) is 0 Å². The van der Waals surface area contributed by atoms with Crippen molar-refractivity contribution >= 4 is 10.9 Å². The molecule has 0 amide bonds. The van der Waals surface area contributed by atoms with Gasteiger partial charge in [-0.15, -0.1) is 0 Å². The number of fused-ring (bicyclic) bond motifs is 1. The Kier molecular flexibility index (Phi) is 5.36. The molecule has 29 heavy (non-hydrogen) atoms. The number of rotatable bonds is 2. The first-order chi connectivity index (χ1) is 13.6. The van der Waals surface area contributed by atoms with Crippen molar-refractivity contribution in [2.24, 2.45) is 11.8 Å². The molecule has 0 aliphatic heterocycles. The molecule has 0 unspecified atom stereocenters. The smallest absolute Gasteiger partial charge is 0.361 e. The first-order valence-electron chi connectivity index (χ1n) is 10.4. The lowest BCUT2D eigenvalue weighted by Gasteiger charge is -2.32. The number of hydrogen-bond acceptors (Lipinski definition) is 0. The molecule has 0 atom stereocenters. The van der Waals surface area contributed by atoms with Gasteiger partial charge in [0.2, 0.25) is 0 Å². The van der Waals surface area contributed by atoms with Crippen molar-refractivity contribution in [2.45, 2.75) is 75.6 Å². The largest absolute Gasteiger partial charge is 0.391 e. The van der Waals surface area contributed by atoms with Crippen LogP contribution in [0, 0.1) is 11.8 Å². The maximum atomic E-state index is 13.0. The molecule has 160 valence electrons. The Labute approximate surface area is 165 Å². The fraction of sp³-hybridized carbons (Fsp3) is 0.636. The number of nitrogens with one attached hydrogen (secondary N) is 1. The summed E-state index contributed by atoms with van der Waals surface area (Å²) in [5, 5.41) is 1.02. The summed E-state index contributed by atoms with van der Waals surface area (Å²) >= 11 is 0. The zero-order valence-electron chi connectivity index (χ0n) is 16.0. The highest BCUT2D eigenvalue weighted by atomic mass is 19.4. The van der Waals surface area contributed by atoms with Crippen LogP contribution in [-0.2, 0) is 0 Å². The standard InChI is InChI=1S/C22H25F6N/c23-21(24,25)16-5-1-13(2-6-16)15-11-19(18-9-10-29-20(18)12-15)14-3-7-17(8-4-14)22(26,27)28/h9-14,16-17,29H,1-8H2. The van der Waals surface area contributed by atoms with E-state index in [1.165, 1.54) is 0 Å². The van der Waals surface area contributed by atoms with Gasteiger partial charge in [-0.25, -0.2) is 0 Å². The van der Waals surface area contributed by atoms with Gasteiger partial charge in [0, 0.05) is 17.1 Å². The van der Waals surface area contributed by atoms with E-state index in [1.807, 2.05) is 18.3 Å². The lowest BCUT2D eigenvalue weighted by atomic mass is 9.75. The summed E-state index contributed by atoms with van der Waals surface area (Å²) in [5.41, 5.74) is 3.00. The molecule has 7 heteroatoms. The van der Waals surface area contributed by atoms with E-state index >= 15 is 0 Å². The molecule has 0 bridgehead atoms. The highest BCUT2D eigenvalue weighted by Gasteiger charge is 2.43. The lowest BCUT2D eigenvalue weighted by molar-refractivity contribution is -0.183. The molecule has 2 fully saturated rings. The molecule has 0 saturated heterocycles. The Balaban J connectivity index is 1.55. The first-order valence-corrected chi connectivity index (χ1v) is 10.4. The topological polar surface area (TPSA) is 15.8 Å². The van der Waals surface area contributed by atoms with Gasteiger partial charge in [0.1, 0.15) is 0 Å². The minimum absolute atomic E-state index is 0.0679. The van der Waals surface area contributed by atoms with Crippen LogP contribution in [0.1, 0.15) is 74.3 Å². The summed E-state index contributed by atoms with van der Waals surface area (Å²) in [6, 6.07) is 6.02. The van der Waals surface area contributed by atoms with E-state index in [9.17, 15) is 26.3 Å². The van der Waals surface area contributed by atoms with E-state index in [0.29, 0.717) is 25.7 Å². The second kappa shape index (κ2) is 7.55. The van der Waals surface area contributed by atoms with Gasteiger partial charge in [-0.2, -0.15) is 26.3 Å². The van der Waals surface area contributed by atoms with Crippen molar-refractivity contribution < 1.29 is 26.3 Å². The van der Waals surface area contributed by atoms with Crippen molar-refractivity contribution in [2.75, 3.05) is 0 Å². The molecule has 2 saturated carbocycles. The number of aromatic amines is 1. The predicted octanol–water partition coefficient (Wildman–Crippen LogP) is 7.84. The van der Waals surface area contributed by atoms with Crippen LogP contribution < -0.4 is 0 Å². The van der Waals surface area contributed by atoms with Crippen LogP contribution in [0.2, 0.25) is 0 Å². The van der Waals surface area contributed by atoms with Gasteiger partial charge in [-0.3, -0.25) is 0 Å². The van der Waals surface area contributed by atoms with Gasteiger partial charge in [0.25, 0.3) is 0 Å². The molecule has 0 spiro atoms. The molecule has 0 radical (unpaired) electrons. The molecule has 1 N–H and O–H groups in total. The second-order valence-electron chi connectivity index (χ2n) is 8.73. The fourth-order valence-corrected chi connectivity index (χ4v) is 5.28. The van der Waals surface area contributed by atoms with E-state index in [-0.39, 0.29) is 37.5 Å². The minimum atomic E-state index is -4.13. The molecule has 1 aromatic heterocycles. The van der Waals surface area contributed by atoms with Gasteiger partial charge < -0.3 is 4.98 Å². The molecular formula is C22H25F6N. The molecular weight excluding hydrogens is 392 g/mol. The zero-order valence-corrected chi connectivity index (χ0v) is 16.0. The van der Waals surface area contributed by atoms with Crippen LogP contribution in [-0.4, -0.2) is 17.3 Å². The normalized spacial score (nSPS) is 29.3. The summed E-state index contributed by atoms with van der Waals surface area (Å²) in [5.74, 6) is -2.30. The summed E-state index contributed by atoms with van der Waals surface area (Å²) in [6.07, 6.45) is -3.89. The molecule has 4 rings (SSSR count). The number of aromatic nitrogens is 1. The highest BCUT2D eigenvalue weighted by molar-refractivity contribution is 5.84. The Morgan fingerprint density at radius 2 is 1.21 bits per heavy atom. The third-order valence-electron chi connectivity index (χ3n) is 7.01. The van der Waals surface area contributed by atoms with Crippen molar-refractivity contribution in [3.05, 3.63) is 35.5 Å². The number of H-pyrrole nitrogens is 1. The molecule has 2 aromatic rings. The molecule has 1 aromatic carbocycles. The molecule has 1 heterocycles. The van der Waals surface area contributed by atoms with Crippen LogP contribution in [0.5, 0.6) is 0 Å². The summed E-state index contributed by atoms with van der Waals surface area (Å²) < 4.78 is 78.0. The van der Waals surface area contributed by atoms with Gasteiger partial charge in [-0.1, -0.05) is 6.07 Å². The Morgan fingerprint density at radius 1 is 0.690 bits per heavy atom. The fourth-order valence-electron chi connectivity index (χ4n) is 5.28. The number of hydrogen-bond donors (Lipinski definition) is 1. The molecule has 2 aliphatic carbocycles. The van der Waals surface area contributed by atoms with Crippen LogP contribution in [0.25, 0.3) is 10.9 Å². The molecule has 2 aliphatic rings. The van der Waals surface area contributed by atoms with Gasteiger partial charge in [0.05, 0.1) is 11.8 Å². The molecule has 1 nitrogen and oxygen atoms in total. The number of benzene rings is 1. The monoisotopic (exact) mass is 417 g/mol. The van der Waals surface area contributed by atoms with Crippen molar-refractivity contribution in [3.63, 3.8) is 0 Å². The van der Waals surface area contributed by atoms with Crippen molar-refractivity contribution in [1.82, 2.24) is 4.98 Å². The van der Waals surface area contributed by atoms with E-state index < -0.39 is 24.2 Å². The van der Waals surface area contributed by atoms with E-state index in [0.717, 1.165) is 22.0 Å². The Bertz CT molecular complexity index is 833. The zero-order chi connectivity index (χ0) is 20.8. The Hall–Kier alpha value is -1.66. The van der Waals surface area contributed by atoms with Crippen LogP contribution in [0.15, 0.2) is 24.4 Å². The lowest BCUT2D eigenvalue weighted by Crippen LogP contribution is -2.27. The van der Waals surface area contributed by atoms with Crippen LogP contribution in [0.4, 0.5) is 26.3 Å². The quantitative estimate of drug-likeness (QED) is 0.479. The minimum Gasteiger partial charge on any atom is -0.361 e. The van der Waals surface area contributed by atoms with Gasteiger partial charge in [-0.05, 0) is 86.5 Å². The average Bonchev–Trinajstić information content (AvgIpc) is 3.15. The van der Waals surface area contributed by atoms with E-state index in [1.54, 1.807) is 0 Å². The maximum Gasteiger partial charge on any atom is 0.391 e. The van der Waals surface area contributed by atoms with Crippen molar-refractivity contribution in [1.29, 1.82) is 0 Å². The van der Waals surface area contributed by atoms with Gasteiger partial charge in [0.15, 0.2) is 0 Å².